The van der Waals surface area contributed by atoms with Crippen LogP contribution in [0.2, 0.25) is 0 Å². The van der Waals surface area contributed by atoms with E-state index in [4.69, 9.17) is 5.26 Å². The second-order valence-corrected chi connectivity index (χ2v) is 11.1. The first-order chi connectivity index (χ1) is 19.0. The van der Waals surface area contributed by atoms with Crippen LogP contribution < -0.4 is 5.56 Å². The molecular formula is C28H20F3N5O3S. The molecule has 0 atom stereocenters. The van der Waals surface area contributed by atoms with Gasteiger partial charge in [-0.3, -0.25) is 14.0 Å². The summed E-state index contributed by atoms with van der Waals surface area (Å²) >= 11 is 0. The van der Waals surface area contributed by atoms with Crippen LogP contribution in [-0.2, 0) is 29.1 Å². The molecule has 0 saturated heterocycles. The lowest BCUT2D eigenvalue weighted by atomic mass is 10.0. The zero-order valence-electron chi connectivity index (χ0n) is 20.9. The van der Waals surface area contributed by atoms with E-state index in [-0.39, 0.29) is 23.5 Å². The van der Waals surface area contributed by atoms with Crippen LogP contribution >= 0.6 is 0 Å². The Balaban J connectivity index is 1.55. The Bertz CT molecular complexity index is 1950. The first-order valence-corrected chi connectivity index (χ1v) is 13.8. The number of nitriles is 1. The van der Waals surface area contributed by atoms with Crippen molar-refractivity contribution < 1.29 is 21.6 Å². The minimum Gasteiger partial charge on any atom is -0.293 e. The summed E-state index contributed by atoms with van der Waals surface area (Å²) in [5.41, 5.74) is -0.221. The maximum Gasteiger partial charge on any atom is 0.437 e. The molecule has 0 bridgehead atoms. The van der Waals surface area contributed by atoms with Gasteiger partial charge < -0.3 is 0 Å². The Labute approximate surface area is 226 Å². The van der Waals surface area contributed by atoms with Gasteiger partial charge in [0, 0.05) is 11.8 Å². The van der Waals surface area contributed by atoms with Gasteiger partial charge in [0.25, 0.3) is 5.56 Å². The lowest BCUT2D eigenvalue weighted by Gasteiger charge is -2.10. The second-order valence-electron chi connectivity index (χ2n) is 9.16. The first-order valence-electron chi connectivity index (χ1n) is 11.9. The zero-order valence-corrected chi connectivity index (χ0v) is 21.7. The fourth-order valence-electron chi connectivity index (χ4n) is 4.45. The summed E-state index contributed by atoms with van der Waals surface area (Å²) in [6, 6.07) is 21.6. The molecule has 0 fully saturated rings. The highest BCUT2D eigenvalue weighted by Gasteiger charge is 2.38. The smallest absolute Gasteiger partial charge is 0.293 e. The number of halogens is 3. The number of benzene rings is 3. The van der Waals surface area contributed by atoms with Gasteiger partial charge in [0.1, 0.15) is 5.52 Å². The van der Waals surface area contributed by atoms with Gasteiger partial charge >= 0.3 is 6.18 Å². The highest BCUT2D eigenvalue weighted by molar-refractivity contribution is 7.90. The van der Waals surface area contributed by atoms with Gasteiger partial charge in [-0.25, -0.2) is 13.4 Å². The molecular weight excluding hydrogens is 543 g/mol. The molecule has 0 spiro atoms. The van der Waals surface area contributed by atoms with Gasteiger partial charge in [-0.2, -0.15) is 23.5 Å². The molecule has 2 heterocycles. The third kappa shape index (κ3) is 5.23. The summed E-state index contributed by atoms with van der Waals surface area (Å²) in [6.07, 6.45) is -2.68. The summed E-state index contributed by atoms with van der Waals surface area (Å²) < 4.78 is 67.9. The minimum atomic E-state index is -4.84. The monoisotopic (exact) mass is 563 g/mol. The Morgan fingerprint density at radius 3 is 2.35 bits per heavy atom. The number of hydrogen-bond donors (Lipinski definition) is 0. The predicted octanol–water partition coefficient (Wildman–Crippen LogP) is 4.65. The van der Waals surface area contributed by atoms with Crippen LogP contribution in [0.4, 0.5) is 13.2 Å². The molecule has 202 valence electrons. The topological polar surface area (TPSA) is 111 Å². The average Bonchev–Trinajstić information content (AvgIpc) is 3.30. The van der Waals surface area contributed by atoms with Gasteiger partial charge in [0.15, 0.2) is 21.0 Å². The fraction of sp³-hybridized carbons (Fsp3) is 0.143. The Morgan fingerprint density at radius 2 is 1.68 bits per heavy atom. The molecule has 2 aromatic heterocycles. The molecule has 5 rings (SSSR count). The highest BCUT2D eigenvalue weighted by Crippen LogP contribution is 2.33. The van der Waals surface area contributed by atoms with E-state index >= 15 is 0 Å². The summed E-state index contributed by atoms with van der Waals surface area (Å²) in [5.74, 6) is 0. The third-order valence-electron chi connectivity index (χ3n) is 6.28. The van der Waals surface area contributed by atoms with Crippen LogP contribution in [0.1, 0.15) is 22.4 Å². The van der Waals surface area contributed by atoms with Crippen molar-refractivity contribution in [1.82, 2.24) is 19.3 Å². The van der Waals surface area contributed by atoms with Crippen molar-refractivity contribution in [3.8, 4) is 17.2 Å². The van der Waals surface area contributed by atoms with Crippen LogP contribution in [0, 0.1) is 11.3 Å². The Morgan fingerprint density at radius 1 is 0.950 bits per heavy atom. The quantitative estimate of drug-likeness (QED) is 0.297. The normalized spacial score (nSPS) is 12.0. The standard InChI is InChI=1S/C28H20F3N5O3S/c1-40(38,39)23-8-3-2-7-22(23)21-11-9-18(10-12-21)16-36-25-24(26(34-36)28(29,30)31)33-17-35(27(25)37)15-20-6-4-5-19(13-20)14-32/h2-13,17H,15-16H2,1H3. The van der Waals surface area contributed by atoms with Gasteiger partial charge in [0.05, 0.1) is 35.9 Å². The van der Waals surface area contributed by atoms with Gasteiger partial charge in [-0.1, -0.05) is 54.6 Å². The van der Waals surface area contributed by atoms with Crippen molar-refractivity contribution in [3.63, 3.8) is 0 Å². The maximum atomic E-state index is 13.8. The number of nitrogens with zero attached hydrogens (tertiary/aromatic N) is 5. The van der Waals surface area contributed by atoms with Crippen LogP contribution in [0.3, 0.4) is 0 Å². The van der Waals surface area contributed by atoms with Crippen LogP contribution in [0.5, 0.6) is 0 Å². The molecule has 0 amide bonds. The van der Waals surface area contributed by atoms with E-state index in [1.54, 1.807) is 66.7 Å². The highest BCUT2D eigenvalue weighted by atomic mass is 32.2. The molecule has 40 heavy (non-hydrogen) atoms. The fourth-order valence-corrected chi connectivity index (χ4v) is 5.36. The largest absolute Gasteiger partial charge is 0.437 e. The zero-order chi connectivity index (χ0) is 28.7. The number of fused-ring (bicyclic) bond motifs is 1. The van der Waals surface area contributed by atoms with Crippen molar-refractivity contribution in [2.24, 2.45) is 0 Å². The van der Waals surface area contributed by atoms with Gasteiger partial charge in [-0.05, 0) is 34.9 Å². The average molecular weight is 564 g/mol. The lowest BCUT2D eigenvalue weighted by molar-refractivity contribution is -0.140. The van der Waals surface area contributed by atoms with Gasteiger partial charge in [-0.15, -0.1) is 0 Å². The molecule has 0 N–H and O–H groups in total. The molecule has 0 aliphatic heterocycles. The predicted molar refractivity (Wildman–Crippen MR) is 141 cm³/mol. The summed E-state index contributed by atoms with van der Waals surface area (Å²) in [6.45, 7) is -0.163. The number of sulfone groups is 1. The summed E-state index contributed by atoms with van der Waals surface area (Å²) in [4.78, 5) is 17.5. The molecule has 5 aromatic rings. The molecule has 12 heteroatoms. The number of aromatic nitrogens is 4. The molecule has 0 aliphatic carbocycles. The van der Waals surface area contributed by atoms with Gasteiger partial charge in [0.2, 0.25) is 0 Å². The molecule has 3 aromatic carbocycles. The second kappa shape index (κ2) is 10.1. The van der Waals surface area contributed by atoms with E-state index in [0.717, 1.165) is 17.3 Å². The molecule has 0 unspecified atom stereocenters. The SMILES string of the molecule is CS(=O)(=O)c1ccccc1-c1ccc(Cn2nc(C(F)(F)F)c3ncn(Cc4cccc(C#N)c4)c(=O)c32)cc1. The number of hydrogen-bond acceptors (Lipinski definition) is 6. The lowest BCUT2D eigenvalue weighted by Crippen LogP contribution is -2.23. The molecule has 0 aliphatic rings. The van der Waals surface area contributed by atoms with Crippen molar-refractivity contribution in [2.45, 2.75) is 24.2 Å². The van der Waals surface area contributed by atoms with E-state index in [0.29, 0.717) is 27.8 Å². The molecule has 8 nitrogen and oxygen atoms in total. The minimum absolute atomic E-state index is 0.00172. The van der Waals surface area contributed by atoms with Crippen LogP contribution in [0.15, 0.2) is 88.8 Å². The number of rotatable bonds is 6. The van der Waals surface area contributed by atoms with E-state index in [2.05, 4.69) is 10.1 Å². The molecule has 0 saturated carbocycles. The number of alkyl halides is 3. The Hall–Kier alpha value is -4.76. The van der Waals surface area contributed by atoms with Crippen molar-refractivity contribution in [3.05, 3.63) is 112 Å². The molecule has 0 radical (unpaired) electrons. The van der Waals surface area contributed by atoms with Crippen molar-refractivity contribution >= 4 is 20.9 Å². The third-order valence-corrected chi connectivity index (χ3v) is 7.43. The van der Waals surface area contributed by atoms with Crippen LogP contribution in [-0.4, -0.2) is 34.0 Å². The summed E-state index contributed by atoms with van der Waals surface area (Å²) in [7, 11) is -3.49. The summed E-state index contributed by atoms with van der Waals surface area (Å²) in [5, 5.41) is 12.8. The van der Waals surface area contributed by atoms with Crippen molar-refractivity contribution in [2.75, 3.05) is 6.26 Å². The first kappa shape index (κ1) is 26.8. The maximum absolute atomic E-state index is 13.8. The van der Waals surface area contributed by atoms with E-state index in [1.807, 2.05) is 6.07 Å². The van der Waals surface area contributed by atoms with E-state index in [1.165, 1.54) is 10.6 Å². The Kier molecular flexibility index (Phi) is 6.77. The van der Waals surface area contributed by atoms with E-state index < -0.39 is 32.8 Å². The van der Waals surface area contributed by atoms with E-state index in [9.17, 15) is 26.4 Å². The van der Waals surface area contributed by atoms with Crippen molar-refractivity contribution in [1.29, 1.82) is 5.26 Å². The van der Waals surface area contributed by atoms with Crippen LogP contribution in [0.25, 0.3) is 22.2 Å².